The number of fused-ring (bicyclic) bond motifs is 28. The first-order valence-electron chi connectivity index (χ1n) is 46.1. The molecule has 9 heterocycles. The summed E-state index contributed by atoms with van der Waals surface area (Å²) in [7, 11) is 0. The number of hydrogen-bond donors (Lipinski definition) is 0. The Labute approximate surface area is 772 Å². The third-order valence-corrected chi connectivity index (χ3v) is 27.9. The zero-order valence-corrected chi connectivity index (χ0v) is 72.9. The number of hydrogen-bond acceptors (Lipinski definition) is 3. The van der Waals surface area contributed by atoms with Crippen LogP contribution < -0.4 is 0 Å². The zero-order chi connectivity index (χ0) is 88.5. The molecule has 21 aromatic carbocycles. The Kier molecular flexibility index (Phi) is 17.0. The van der Waals surface area contributed by atoms with E-state index in [0.717, 1.165) is 111 Å². The molecule has 0 unspecified atom stereocenters. The predicted molar refractivity (Wildman–Crippen MR) is 564 cm³/mol. The molecule has 9 heteroatoms. The number of para-hydroxylation sites is 10. The van der Waals surface area contributed by atoms with Crippen molar-refractivity contribution in [3.05, 3.63) is 473 Å². The first-order chi connectivity index (χ1) is 67.0. The predicted octanol–water partition coefficient (Wildman–Crippen LogP) is 34.3. The number of nitrogens with zero attached hydrogens (tertiary/aromatic N) is 6. The Morgan fingerprint density at radius 3 is 0.852 bits per heavy atom. The highest BCUT2D eigenvalue weighted by atomic mass is 16.3. The van der Waals surface area contributed by atoms with Crippen molar-refractivity contribution in [2.24, 2.45) is 0 Å². The van der Waals surface area contributed by atoms with Crippen LogP contribution in [0, 0.1) is 0 Å². The van der Waals surface area contributed by atoms with Crippen LogP contribution in [-0.4, -0.2) is 27.4 Å². The minimum atomic E-state index is 0.882. The van der Waals surface area contributed by atoms with E-state index < -0.39 is 0 Å². The monoisotopic (exact) mass is 1720 g/mol. The molecule has 0 bridgehead atoms. The minimum Gasteiger partial charge on any atom is -0.456 e. The number of benzene rings is 21. The summed E-state index contributed by atoms with van der Waals surface area (Å²) in [6.45, 7) is 0. The van der Waals surface area contributed by atoms with E-state index in [-0.39, 0.29) is 0 Å². The average Bonchev–Trinajstić information content (AvgIpc) is 1.55. The van der Waals surface area contributed by atoms with Crippen molar-refractivity contribution in [1.82, 2.24) is 27.4 Å². The van der Waals surface area contributed by atoms with Crippen LogP contribution in [0.25, 0.3) is 264 Å². The van der Waals surface area contributed by atoms with Crippen LogP contribution in [0.15, 0.2) is 486 Å². The fourth-order valence-corrected chi connectivity index (χ4v) is 22.0. The minimum absolute atomic E-state index is 0.882. The largest absolute Gasteiger partial charge is 0.456 e. The molecular formula is C126H78N6O3. The molecule has 0 spiro atoms. The van der Waals surface area contributed by atoms with Crippen molar-refractivity contribution in [2.45, 2.75) is 0 Å². The van der Waals surface area contributed by atoms with Crippen LogP contribution in [0.3, 0.4) is 0 Å². The van der Waals surface area contributed by atoms with Gasteiger partial charge in [-0.05, 0) is 173 Å². The van der Waals surface area contributed by atoms with Crippen molar-refractivity contribution in [3.8, 4) is 67.5 Å². The second-order valence-corrected chi connectivity index (χ2v) is 35.3. The first kappa shape index (κ1) is 75.8. The van der Waals surface area contributed by atoms with Crippen molar-refractivity contribution < 1.29 is 13.3 Å². The topological polar surface area (TPSA) is 69.0 Å². The Balaban J connectivity index is 0.000000101. The van der Waals surface area contributed by atoms with Gasteiger partial charge in [0.15, 0.2) is 0 Å². The second-order valence-electron chi connectivity index (χ2n) is 35.3. The van der Waals surface area contributed by atoms with E-state index in [9.17, 15) is 0 Å². The molecule has 30 aromatic rings. The lowest BCUT2D eigenvalue weighted by Gasteiger charge is -2.12. The van der Waals surface area contributed by atoms with E-state index in [1.165, 1.54) is 153 Å². The molecule has 0 aliphatic carbocycles. The van der Waals surface area contributed by atoms with E-state index in [1.54, 1.807) is 0 Å². The molecule has 0 amide bonds. The first-order valence-corrected chi connectivity index (χ1v) is 46.1. The fourth-order valence-electron chi connectivity index (χ4n) is 22.0. The molecule has 0 radical (unpaired) electrons. The molecule has 630 valence electrons. The third-order valence-electron chi connectivity index (χ3n) is 27.9. The van der Waals surface area contributed by atoms with Gasteiger partial charge in [0.2, 0.25) is 0 Å². The Morgan fingerprint density at radius 1 is 0.126 bits per heavy atom. The highest BCUT2D eigenvalue weighted by molar-refractivity contribution is 6.26. The van der Waals surface area contributed by atoms with Gasteiger partial charge in [0.25, 0.3) is 0 Å². The van der Waals surface area contributed by atoms with Crippen molar-refractivity contribution in [1.29, 1.82) is 0 Å². The normalized spacial score (nSPS) is 12.0. The van der Waals surface area contributed by atoms with Crippen LogP contribution in [0.1, 0.15) is 0 Å². The summed E-state index contributed by atoms with van der Waals surface area (Å²) in [6.07, 6.45) is 0. The van der Waals surface area contributed by atoms with Crippen LogP contribution >= 0.6 is 0 Å². The van der Waals surface area contributed by atoms with Crippen LogP contribution in [0.5, 0.6) is 0 Å². The van der Waals surface area contributed by atoms with Crippen LogP contribution in [-0.2, 0) is 0 Å². The summed E-state index contributed by atoms with van der Waals surface area (Å²) in [5, 5.41) is 21.7. The summed E-state index contributed by atoms with van der Waals surface area (Å²) >= 11 is 0. The molecule has 0 saturated heterocycles. The van der Waals surface area contributed by atoms with E-state index in [0.29, 0.717) is 0 Å². The van der Waals surface area contributed by atoms with E-state index in [4.69, 9.17) is 13.3 Å². The van der Waals surface area contributed by atoms with E-state index in [1.807, 2.05) is 24.3 Å². The summed E-state index contributed by atoms with van der Waals surface area (Å²) in [6, 6.07) is 170. The molecule has 30 rings (SSSR count). The number of furan rings is 3. The highest BCUT2D eigenvalue weighted by Gasteiger charge is 2.27. The van der Waals surface area contributed by atoms with E-state index in [2.05, 4.69) is 476 Å². The van der Waals surface area contributed by atoms with Gasteiger partial charge in [-0.1, -0.05) is 309 Å². The van der Waals surface area contributed by atoms with Crippen molar-refractivity contribution in [3.63, 3.8) is 0 Å². The maximum absolute atomic E-state index is 6.71. The maximum atomic E-state index is 6.71. The molecule has 135 heavy (non-hydrogen) atoms. The molecular weight excluding hydrogens is 1650 g/mol. The number of rotatable bonds is 9. The highest BCUT2D eigenvalue weighted by Crippen LogP contribution is 2.48. The molecule has 9 aromatic heterocycles. The van der Waals surface area contributed by atoms with Gasteiger partial charge in [-0.25, -0.2) is 0 Å². The lowest BCUT2D eigenvalue weighted by Crippen LogP contribution is -1.98. The average molecular weight is 1720 g/mol. The molecule has 0 fully saturated rings. The Bertz CT molecular complexity index is 10100. The molecule has 0 aliphatic heterocycles. The lowest BCUT2D eigenvalue weighted by atomic mass is 10.0. The van der Waals surface area contributed by atoms with Gasteiger partial charge in [0.05, 0.1) is 71.9 Å². The summed E-state index contributed by atoms with van der Waals surface area (Å²) < 4.78 is 33.8. The van der Waals surface area contributed by atoms with Crippen molar-refractivity contribution in [2.75, 3.05) is 0 Å². The third kappa shape index (κ3) is 11.9. The Hall–Kier alpha value is -18.2. The molecule has 9 nitrogen and oxygen atoms in total. The van der Waals surface area contributed by atoms with Gasteiger partial charge < -0.3 is 40.7 Å². The summed E-state index contributed by atoms with van der Waals surface area (Å²) in [5.41, 5.74) is 33.4. The van der Waals surface area contributed by atoms with E-state index >= 15 is 0 Å². The maximum Gasteiger partial charge on any atom is 0.143 e. The molecule has 0 N–H and O–H groups in total. The van der Waals surface area contributed by atoms with Gasteiger partial charge in [0, 0.05) is 149 Å². The van der Waals surface area contributed by atoms with Gasteiger partial charge in [-0.15, -0.1) is 0 Å². The molecule has 0 aliphatic rings. The van der Waals surface area contributed by atoms with Crippen LogP contribution in [0.2, 0.25) is 0 Å². The lowest BCUT2D eigenvalue weighted by molar-refractivity contribution is 0.668. The molecule has 0 atom stereocenters. The zero-order valence-electron chi connectivity index (χ0n) is 72.9. The molecule has 0 saturated carbocycles. The second kappa shape index (κ2) is 30.2. The van der Waals surface area contributed by atoms with Crippen LogP contribution in [0.4, 0.5) is 0 Å². The summed E-state index contributed by atoms with van der Waals surface area (Å²) in [5.74, 6) is 0. The Morgan fingerprint density at radius 2 is 0.400 bits per heavy atom. The van der Waals surface area contributed by atoms with Gasteiger partial charge in [0.1, 0.15) is 33.5 Å². The van der Waals surface area contributed by atoms with Gasteiger partial charge in [-0.2, -0.15) is 0 Å². The summed E-state index contributed by atoms with van der Waals surface area (Å²) in [4.78, 5) is 0. The van der Waals surface area contributed by atoms with Crippen molar-refractivity contribution >= 4 is 197 Å². The van der Waals surface area contributed by atoms with Gasteiger partial charge >= 0.3 is 0 Å². The standard InChI is InChI=1S/3C42H26N2O/c1-3-12-27(13-4-1)30-18-11-19-36-33-23-22-29(26-39(33)45-42(30)36)44-38-21-10-8-17-32(38)35-25-24-34-31-16-7-9-20-37(31)43(40(34)41(35)44)28-14-5-2-6-15-28;1-2-11-27(12-3-1)28-13-10-14-29(23-28)43-37-18-7-4-15-31(37)35-25-36-32-16-5-8-19-38(32)44(40(36)26-39(35)43)30-21-22-34-33-17-6-9-20-41(33)45-42(34)24-30;1-2-10-27(11-3-1)28-18-20-29(21-19-28)43-37-15-7-4-12-31(37)35-25-36-32-13-5-8-16-38(32)44(40(36)26-39(35)43)30-22-23-34-33-14-6-9-17-41(33)45-42(34)24-30/h3*1-26H. The number of aromatic nitrogens is 6. The smallest absolute Gasteiger partial charge is 0.143 e. The SMILES string of the molecule is c1ccc(-c2ccc(-n3c4ccccc4c4cc5c6ccccc6n(-c6ccc7c(c6)oc6ccccc67)c5cc43)cc2)cc1.c1ccc(-c2cccc(-n3c4ccccc4c4cc5c6ccccc6n(-c6ccc7c(c6)oc6ccccc67)c5cc43)c2)cc1.c1ccc(-c2cccc3c2oc2cc(-n4c5ccccc5c5ccc6c7ccccc7n(-c7ccccc7)c6c54)ccc23)cc1. The fraction of sp³-hybridized carbons (Fsp3) is 0. The van der Waals surface area contributed by atoms with Gasteiger partial charge in [-0.3, -0.25) is 0 Å². The quantitative estimate of drug-likeness (QED) is 0.145.